The minimum absolute atomic E-state index is 0.0240. The van der Waals surface area contributed by atoms with E-state index in [1.807, 2.05) is 23.3 Å². The fourth-order valence-corrected chi connectivity index (χ4v) is 2.28. The van der Waals surface area contributed by atoms with Crippen LogP contribution in [0.4, 0.5) is 0 Å². The molecule has 0 atom stereocenters. The number of halogens is 1. The van der Waals surface area contributed by atoms with Crippen molar-refractivity contribution in [1.29, 1.82) is 0 Å². The van der Waals surface area contributed by atoms with Crippen molar-refractivity contribution in [3.05, 3.63) is 52.5 Å². The van der Waals surface area contributed by atoms with Gasteiger partial charge in [0.2, 0.25) is 0 Å². The second-order valence-corrected chi connectivity index (χ2v) is 6.66. The molecular weight excluding hydrogens is 316 g/mol. The van der Waals surface area contributed by atoms with Crippen molar-refractivity contribution in [3.63, 3.8) is 0 Å². The first-order valence-electron chi connectivity index (χ1n) is 7.38. The standard InChI is InChI=1S/C17H23ClN2O3/c1-17(2,3)20-9-14(18)16(8-19-20)23-11-13-6-5-12(10-21)7-15(13)22-4/h5-9,19,21H,10-11H2,1-4H3. The van der Waals surface area contributed by atoms with Crippen LogP contribution in [0.25, 0.3) is 0 Å². The summed E-state index contributed by atoms with van der Waals surface area (Å²) in [5, 5.41) is 11.6. The number of hydrogen-bond acceptors (Lipinski definition) is 5. The molecule has 0 unspecified atom stereocenters. The normalized spacial score (nSPS) is 14.8. The number of rotatable bonds is 5. The molecule has 1 aromatic rings. The average Bonchev–Trinajstić information content (AvgIpc) is 2.52. The lowest BCUT2D eigenvalue weighted by atomic mass is 10.1. The van der Waals surface area contributed by atoms with Gasteiger partial charge >= 0.3 is 0 Å². The van der Waals surface area contributed by atoms with Crippen molar-refractivity contribution in [2.24, 2.45) is 0 Å². The van der Waals surface area contributed by atoms with Gasteiger partial charge in [-0.3, -0.25) is 5.01 Å². The number of aliphatic hydroxyl groups excluding tert-OH is 1. The first-order valence-corrected chi connectivity index (χ1v) is 7.75. The lowest BCUT2D eigenvalue weighted by Crippen LogP contribution is -2.46. The molecule has 0 bridgehead atoms. The van der Waals surface area contributed by atoms with Gasteiger partial charge in [0, 0.05) is 11.8 Å². The van der Waals surface area contributed by atoms with E-state index < -0.39 is 0 Å². The number of hydrogen-bond donors (Lipinski definition) is 2. The number of benzene rings is 1. The molecule has 0 aliphatic carbocycles. The molecule has 23 heavy (non-hydrogen) atoms. The van der Waals surface area contributed by atoms with Gasteiger partial charge in [-0.05, 0) is 32.4 Å². The van der Waals surface area contributed by atoms with Crippen molar-refractivity contribution in [2.45, 2.75) is 39.5 Å². The van der Waals surface area contributed by atoms with Gasteiger partial charge in [-0.15, -0.1) is 0 Å². The zero-order valence-corrected chi connectivity index (χ0v) is 14.6. The molecule has 1 heterocycles. The Morgan fingerprint density at radius 1 is 1.30 bits per heavy atom. The van der Waals surface area contributed by atoms with Crippen LogP contribution in [-0.2, 0) is 18.0 Å². The molecule has 6 heteroatoms. The predicted octanol–water partition coefficient (Wildman–Crippen LogP) is 3.24. The minimum Gasteiger partial charge on any atom is -0.496 e. The van der Waals surface area contributed by atoms with E-state index in [0.717, 1.165) is 11.1 Å². The third-order valence-electron chi connectivity index (χ3n) is 3.45. The highest BCUT2D eigenvalue weighted by atomic mass is 35.5. The summed E-state index contributed by atoms with van der Waals surface area (Å²) in [6, 6.07) is 5.51. The fraction of sp³-hybridized carbons (Fsp3) is 0.412. The van der Waals surface area contributed by atoms with Gasteiger partial charge in [-0.25, -0.2) is 0 Å². The summed E-state index contributed by atoms with van der Waals surface area (Å²) in [5.74, 6) is 1.25. The molecule has 1 aromatic carbocycles. The van der Waals surface area contributed by atoms with Gasteiger partial charge < -0.3 is 20.0 Å². The Morgan fingerprint density at radius 2 is 2.04 bits per heavy atom. The van der Waals surface area contributed by atoms with E-state index in [1.165, 1.54) is 0 Å². The van der Waals surface area contributed by atoms with Crippen LogP contribution in [0.5, 0.6) is 5.75 Å². The monoisotopic (exact) mass is 338 g/mol. The Morgan fingerprint density at radius 3 is 2.61 bits per heavy atom. The molecule has 2 rings (SSSR count). The Kier molecular flexibility index (Phi) is 5.44. The Bertz CT molecular complexity index is 621. The summed E-state index contributed by atoms with van der Waals surface area (Å²) in [6.07, 6.45) is 3.55. The Labute approximate surface area is 142 Å². The van der Waals surface area contributed by atoms with Crippen molar-refractivity contribution >= 4 is 11.6 Å². The molecule has 0 amide bonds. The van der Waals surface area contributed by atoms with E-state index in [-0.39, 0.29) is 12.1 Å². The quantitative estimate of drug-likeness (QED) is 0.863. The summed E-state index contributed by atoms with van der Waals surface area (Å²) in [6.45, 7) is 6.53. The zero-order valence-electron chi connectivity index (χ0n) is 13.9. The lowest BCUT2D eigenvalue weighted by Gasteiger charge is -2.36. The largest absolute Gasteiger partial charge is 0.496 e. The third kappa shape index (κ3) is 4.33. The van der Waals surface area contributed by atoms with Crippen LogP contribution in [0.15, 0.2) is 41.4 Å². The minimum atomic E-state index is -0.0918. The van der Waals surface area contributed by atoms with Crippen LogP contribution in [0.3, 0.4) is 0 Å². The first-order chi connectivity index (χ1) is 10.8. The molecule has 0 aromatic heterocycles. The third-order valence-corrected chi connectivity index (χ3v) is 3.74. The van der Waals surface area contributed by atoms with E-state index in [2.05, 4.69) is 26.2 Å². The summed E-state index contributed by atoms with van der Waals surface area (Å²) in [7, 11) is 1.59. The zero-order chi connectivity index (χ0) is 17.0. The summed E-state index contributed by atoms with van der Waals surface area (Å²) >= 11 is 6.29. The maximum absolute atomic E-state index is 9.17. The van der Waals surface area contributed by atoms with E-state index >= 15 is 0 Å². The molecule has 126 valence electrons. The van der Waals surface area contributed by atoms with Crippen molar-refractivity contribution < 1.29 is 14.6 Å². The van der Waals surface area contributed by atoms with E-state index in [9.17, 15) is 5.11 Å². The molecule has 2 N–H and O–H groups in total. The van der Waals surface area contributed by atoms with Crippen LogP contribution in [-0.4, -0.2) is 22.8 Å². The van der Waals surface area contributed by atoms with E-state index in [4.69, 9.17) is 21.1 Å². The SMILES string of the molecule is COc1cc(CO)ccc1COC1=CNN(C(C)(C)C)C=C1Cl. The molecule has 0 fully saturated rings. The molecule has 1 aliphatic heterocycles. The number of nitrogens with one attached hydrogen (secondary N) is 1. The number of methoxy groups -OCH3 is 1. The van der Waals surface area contributed by atoms with Crippen LogP contribution >= 0.6 is 11.6 Å². The highest BCUT2D eigenvalue weighted by Gasteiger charge is 2.22. The van der Waals surface area contributed by atoms with Gasteiger partial charge in [0.25, 0.3) is 0 Å². The topological polar surface area (TPSA) is 54.0 Å². The molecular formula is C17H23ClN2O3. The maximum atomic E-state index is 9.17. The maximum Gasteiger partial charge on any atom is 0.157 e. The van der Waals surface area contributed by atoms with Crippen LogP contribution < -0.4 is 10.2 Å². The van der Waals surface area contributed by atoms with Gasteiger partial charge in [-0.1, -0.05) is 23.7 Å². The van der Waals surface area contributed by atoms with Crippen LogP contribution in [0.1, 0.15) is 31.9 Å². The van der Waals surface area contributed by atoms with E-state index in [0.29, 0.717) is 23.1 Å². The Balaban J connectivity index is 2.05. The van der Waals surface area contributed by atoms with Gasteiger partial charge in [0.1, 0.15) is 17.4 Å². The smallest absolute Gasteiger partial charge is 0.157 e. The number of hydrazine groups is 1. The van der Waals surface area contributed by atoms with Crippen molar-refractivity contribution in [1.82, 2.24) is 10.4 Å². The second-order valence-electron chi connectivity index (χ2n) is 6.25. The van der Waals surface area contributed by atoms with Crippen molar-refractivity contribution in [2.75, 3.05) is 7.11 Å². The summed E-state index contributed by atoms with van der Waals surface area (Å²) in [4.78, 5) is 0. The molecule has 0 spiro atoms. The lowest BCUT2D eigenvalue weighted by molar-refractivity contribution is 0.140. The molecule has 0 radical (unpaired) electrons. The van der Waals surface area contributed by atoms with Crippen LogP contribution in [0, 0.1) is 0 Å². The van der Waals surface area contributed by atoms with Gasteiger partial charge in [0.15, 0.2) is 5.76 Å². The molecule has 1 aliphatic rings. The van der Waals surface area contributed by atoms with Crippen molar-refractivity contribution in [3.8, 4) is 5.75 Å². The second kappa shape index (κ2) is 7.15. The molecule has 5 nitrogen and oxygen atoms in total. The average molecular weight is 339 g/mol. The number of allylic oxidation sites excluding steroid dienone is 1. The predicted molar refractivity (Wildman–Crippen MR) is 90.5 cm³/mol. The highest BCUT2D eigenvalue weighted by Crippen LogP contribution is 2.27. The van der Waals surface area contributed by atoms with Crippen LogP contribution in [0.2, 0.25) is 0 Å². The summed E-state index contributed by atoms with van der Waals surface area (Å²) < 4.78 is 11.1. The number of nitrogens with zero attached hydrogens (tertiary/aromatic N) is 1. The van der Waals surface area contributed by atoms with E-state index in [1.54, 1.807) is 19.4 Å². The molecule has 0 saturated carbocycles. The fourth-order valence-electron chi connectivity index (χ4n) is 2.07. The highest BCUT2D eigenvalue weighted by molar-refractivity contribution is 6.31. The first kappa shape index (κ1) is 17.5. The Hall–Kier alpha value is -1.85. The molecule has 0 saturated heterocycles. The van der Waals surface area contributed by atoms with Gasteiger partial charge in [0.05, 0.1) is 25.5 Å². The number of ether oxygens (including phenoxy) is 2. The summed E-state index contributed by atoms with van der Waals surface area (Å²) in [5.41, 5.74) is 4.73. The number of aliphatic hydroxyl groups is 1. The van der Waals surface area contributed by atoms with Gasteiger partial charge in [-0.2, -0.15) is 0 Å².